The fraction of sp³-hybridized carbons (Fsp3) is 0.880. The summed E-state index contributed by atoms with van der Waals surface area (Å²) in [4.78, 5) is 33.8. The minimum Gasteiger partial charge on any atom is -0.481 e. The van der Waals surface area contributed by atoms with E-state index in [0.717, 1.165) is 64.3 Å². The summed E-state index contributed by atoms with van der Waals surface area (Å²) in [5, 5.41) is 11.7. The molecule has 1 amide bonds. The Morgan fingerprint density at radius 2 is 1.13 bits per heavy atom. The molecule has 0 bridgehead atoms. The van der Waals surface area contributed by atoms with E-state index in [1.54, 1.807) is 6.92 Å². The van der Waals surface area contributed by atoms with Crippen LogP contribution in [0.1, 0.15) is 122 Å². The lowest BCUT2D eigenvalue weighted by Gasteiger charge is -2.27. The molecular formula is C25H45NO4. The standard InChI is InChI=1S/C25H45NO4/c1-21(27)23-18-16-22(17-19-23)20-26-24(28)14-12-10-8-6-4-2-3-5-7-9-11-13-15-25(29)30/h22-23H,2-20H2,1H3,(H,26,28)(H,29,30). The molecule has 1 aliphatic rings. The van der Waals surface area contributed by atoms with Crippen molar-refractivity contribution in [2.24, 2.45) is 11.8 Å². The normalized spacial score (nSPS) is 18.8. The second-order valence-electron chi connectivity index (χ2n) is 9.27. The third kappa shape index (κ3) is 14.6. The van der Waals surface area contributed by atoms with Crippen LogP contribution in [0.3, 0.4) is 0 Å². The van der Waals surface area contributed by atoms with Crippen LogP contribution in [-0.4, -0.2) is 29.3 Å². The zero-order valence-electron chi connectivity index (χ0n) is 19.3. The molecule has 0 heterocycles. The second-order valence-corrected chi connectivity index (χ2v) is 9.27. The third-order valence-electron chi connectivity index (χ3n) is 6.55. The number of aliphatic carboxylic acids is 1. The highest BCUT2D eigenvalue weighted by atomic mass is 16.4. The molecule has 0 radical (unpaired) electrons. The van der Waals surface area contributed by atoms with Gasteiger partial charge in [0.1, 0.15) is 5.78 Å². The highest BCUT2D eigenvalue weighted by Crippen LogP contribution is 2.28. The highest BCUT2D eigenvalue weighted by molar-refractivity contribution is 5.78. The number of ketones is 1. The maximum Gasteiger partial charge on any atom is 0.303 e. The van der Waals surface area contributed by atoms with Gasteiger partial charge in [-0.2, -0.15) is 0 Å². The predicted molar refractivity (Wildman–Crippen MR) is 121 cm³/mol. The van der Waals surface area contributed by atoms with E-state index in [-0.39, 0.29) is 11.8 Å². The molecule has 0 unspecified atom stereocenters. The smallest absolute Gasteiger partial charge is 0.303 e. The number of carbonyl (C=O) groups excluding carboxylic acids is 2. The van der Waals surface area contributed by atoms with E-state index in [1.807, 2.05) is 0 Å². The van der Waals surface area contributed by atoms with Crippen LogP contribution in [0.5, 0.6) is 0 Å². The Morgan fingerprint density at radius 1 is 0.700 bits per heavy atom. The molecule has 174 valence electrons. The fourth-order valence-corrected chi connectivity index (χ4v) is 4.45. The van der Waals surface area contributed by atoms with Crippen LogP contribution in [0.4, 0.5) is 0 Å². The van der Waals surface area contributed by atoms with E-state index < -0.39 is 5.97 Å². The van der Waals surface area contributed by atoms with E-state index >= 15 is 0 Å². The van der Waals surface area contributed by atoms with Crippen LogP contribution < -0.4 is 5.32 Å². The zero-order valence-corrected chi connectivity index (χ0v) is 19.3. The van der Waals surface area contributed by atoms with Crippen LogP contribution in [0.25, 0.3) is 0 Å². The van der Waals surface area contributed by atoms with Gasteiger partial charge in [-0.15, -0.1) is 0 Å². The molecule has 5 heteroatoms. The summed E-state index contributed by atoms with van der Waals surface area (Å²) >= 11 is 0. The molecule has 30 heavy (non-hydrogen) atoms. The van der Waals surface area contributed by atoms with Gasteiger partial charge in [0.05, 0.1) is 0 Å². The summed E-state index contributed by atoms with van der Waals surface area (Å²) in [5.74, 6) is 0.635. The van der Waals surface area contributed by atoms with E-state index in [4.69, 9.17) is 5.11 Å². The lowest BCUT2D eigenvalue weighted by atomic mass is 9.80. The summed E-state index contributed by atoms with van der Waals surface area (Å²) < 4.78 is 0. The molecule has 0 spiro atoms. The van der Waals surface area contributed by atoms with Gasteiger partial charge in [-0.05, 0) is 51.4 Å². The van der Waals surface area contributed by atoms with Crippen molar-refractivity contribution >= 4 is 17.7 Å². The number of carboxylic acids is 1. The number of carboxylic acid groups (broad SMARTS) is 1. The SMILES string of the molecule is CC(=O)C1CCC(CNC(=O)CCCCCCCCCCCCCCC(=O)O)CC1. The van der Waals surface area contributed by atoms with Gasteiger partial charge in [0, 0.05) is 25.3 Å². The average molecular weight is 424 g/mol. The van der Waals surface area contributed by atoms with E-state index in [2.05, 4.69) is 5.32 Å². The summed E-state index contributed by atoms with van der Waals surface area (Å²) in [6, 6.07) is 0. The Morgan fingerprint density at radius 3 is 1.57 bits per heavy atom. The van der Waals surface area contributed by atoms with Crippen LogP contribution in [0.2, 0.25) is 0 Å². The molecule has 0 saturated heterocycles. The molecule has 1 rings (SSSR count). The number of Topliss-reactive ketones (excluding diaryl/α,β-unsaturated/α-hetero) is 1. The predicted octanol–water partition coefficient (Wildman–Crippen LogP) is 6.04. The van der Waals surface area contributed by atoms with Crippen molar-refractivity contribution in [2.45, 2.75) is 122 Å². The number of unbranched alkanes of at least 4 members (excludes halogenated alkanes) is 11. The van der Waals surface area contributed by atoms with Crippen LogP contribution in [0.15, 0.2) is 0 Å². The number of hydrogen-bond acceptors (Lipinski definition) is 3. The Kier molecular flexibility index (Phi) is 15.4. The molecular weight excluding hydrogens is 378 g/mol. The summed E-state index contributed by atoms with van der Waals surface area (Å²) in [6.07, 6.45) is 19.1. The van der Waals surface area contributed by atoms with E-state index in [9.17, 15) is 14.4 Å². The number of amides is 1. The number of hydrogen-bond donors (Lipinski definition) is 2. The highest BCUT2D eigenvalue weighted by Gasteiger charge is 2.23. The number of rotatable bonds is 18. The van der Waals surface area contributed by atoms with Crippen molar-refractivity contribution in [3.63, 3.8) is 0 Å². The van der Waals surface area contributed by atoms with Gasteiger partial charge in [0.25, 0.3) is 0 Å². The minimum absolute atomic E-state index is 0.187. The fourth-order valence-electron chi connectivity index (χ4n) is 4.45. The molecule has 0 aromatic rings. The molecule has 1 aliphatic carbocycles. The van der Waals surface area contributed by atoms with Crippen molar-refractivity contribution in [1.29, 1.82) is 0 Å². The molecule has 0 atom stereocenters. The lowest BCUT2D eigenvalue weighted by molar-refractivity contribution is -0.137. The van der Waals surface area contributed by atoms with Gasteiger partial charge >= 0.3 is 5.97 Å². The first kappa shape index (κ1) is 26.6. The lowest BCUT2D eigenvalue weighted by Crippen LogP contribution is -2.32. The summed E-state index contributed by atoms with van der Waals surface area (Å²) in [5.41, 5.74) is 0. The van der Waals surface area contributed by atoms with Crippen molar-refractivity contribution in [2.75, 3.05) is 6.54 Å². The molecule has 2 N–H and O–H groups in total. The van der Waals surface area contributed by atoms with Gasteiger partial charge in [-0.3, -0.25) is 14.4 Å². The first-order valence-corrected chi connectivity index (χ1v) is 12.5. The van der Waals surface area contributed by atoms with E-state index in [1.165, 1.54) is 44.9 Å². The molecule has 0 aromatic heterocycles. The van der Waals surface area contributed by atoms with Gasteiger partial charge in [-0.25, -0.2) is 0 Å². The Balaban J connectivity index is 1.81. The average Bonchev–Trinajstić information content (AvgIpc) is 2.72. The first-order chi connectivity index (χ1) is 14.5. The maximum absolute atomic E-state index is 12.0. The Hall–Kier alpha value is -1.39. The van der Waals surface area contributed by atoms with Crippen LogP contribution >= 0.6 is 0 Å². The van der Waals surface area contributed by atoms with Gasteiger partial charge in [-0.1, -0.05) is 64.2 Å². The third-order valence-corrected chi connectivity index (χ3v) is 6.55. The largest absolute Gasteiger partial charge is 0.481 e. The Bertz CT molecular complexity index is 484. The van der Waals surface area contributed by atoms with Crippen molar-refractivity contribution in [3.8, 4) is 0 Å². The quantitative estimate of drug-likeness (QED) is 0.263. The first-order valence-electron chi connectivity index (χ1n) is 12.5. The molecule has 1 saturated carbocycles. The number of carbonyl (C=O) groups is 3. The van der Waals surface area contributed by atoms with Crippen molar-refractivity contribution < 1.29 is 19.5 Å². The van der Waals surface area contributed by atoms with Gasteiger partial charge in [0.2, 0.25) is 5.91 Å². The molecule has 5 nitrogen and oxygen atoms in total. The van der Waals surface area contributed by atoms with Crippen molar-refractivity contribution in [1.82, 2.24) is 5.32 Å². The van der Waals surface area contributed by atoms with Crippen molar-refractivity contribution in [3.05, 3.63) is 0 Å². The summed E-state index contributed by atoms with van der Waals surface area (Å²) in [6.45, 7) is 2.48. The molecule has 0 aliphatic heterocycles. The monoisotopic (exact) mass is 423 g/mol. The molecule has 1 fully saturated rings. The second kappa shape index (κ2) is 17.3. The van der Waals surface area contributed by atoms with Crippen LogP contribution in [-0.2, 0) is 14.4 Å². The Labute approximate surface area is 183 Å². The maximum atomic E-state index is 12.0. The summed E-state index contributed by atoms with van der Waals surface area (Å²) in [7, 11) is 0. The van der Waals surface area contributed by atoms with Gasteiger partial charge < -0.3 is 10.4 Å². The minimum atomic E-state index is -0.681. The molecule has 0 aromatic carbocycles. The van der Waals surface area contributed by atoms with Crippen LogP contribution in [0, 0.1) is 11.8 Å². The topological polar surface area (TPSA) is 83.5 Å². The van der Waals surface area contributed by atoms with E-state index in [0.29, 0.717) is 24.5 Å². The number of nitrogens with one attached hydrogen (secondary N) is 1. The van der Waals surface area contributed by atoms with Gasteiger partial charge in [0.15, 0.2) is 0 Å². The zero-order chi connectivity index (χ0) is 22.0.